The van der Waals surface area contributed by atoms with Crippen LogP contribution >= 0.6 is 0 Å². The van der Waals surface area contributed by atoms with Gasteiger partial charge in [-0.15, -0.1) is 0 Å². The van der Waals surface area contributed by atoms with E-state index in [4.69, 9.17) is 5.73 Å². The number of hydrogen-bond acceptors (Lipinski definition) is 5. The Bertz CT molecular complexity index is 524. The van der Waals surface area contributed by atoms with Crippen molar-refractivity contribution < 1.29 is 9.72 Å². The van der Waals surface area contributed by atoms with Crippen LogP contribution in [0.2, 0.25) is 0 Å². The number of nitro benzene ring substituents is 1. The molecule has 1 aliphatic rings. The fourth-order valence-corrected chi connectivity index (χ4v) is 2.36. The summed E-state index contributed by atoms with van der Waals surface area (Å²) in [5, 5.41) is 13.7. The van der Waals surface area contributed by atoms with E-state index >= 15 is 0 Å². The molecule has 1 amide bonds. The third kappa shape index (κ3) is 2.88. The van der Waals surface area contributed by atoms with Crippen molar-refractivity contribution in [3.63, 3.8) is 0 Å². The Morgan fingerprint density at radius 2 is 2.10 bits per heavy atom. The summed E-state index contributed by atoms with van der Waals surface area (Å²) in [4.78, 5) is 24.3. The maximum Gasteiger partial charge on any atom is 0.293 e. The molecule has 1 aromatic carbocycles. The Morgan fingerprint density at radius 3 is 2.65 bits per heavy atom. The van der Waals surface area contributed by atoms with Crippen LogP contribution in [0.25, 0.3) is 0 Å². The topological polar surface area (TPSA) is 102 Å². The second-order valence-electron chi connectivity index (χ2n) is 4.86. The Morgan fingerprint density at radius 1 is 1.45 bits per heavy atom. The van der Waals surface area contributed by atoms with Crippen LogP contribution in [0.5, 0.6) is 0 Å². The van der Waals surface area contributed by atoms with Crippen LogP contribution in [0.3, 0.4) is 0 Å². The lowest BCUT2D eigenvalue weighted by Gasteiger charge is -2.31. The number of hydrogen-bond donors (Lipinski definition) is 2. The molecule has 0 atom stereocenters. The molecule has 1 aromatic rings. The van der Waals surface area contributed by atoms with Crippen molar-refractivity contribution in [2.75, 3.05) is 25.0 Å². The van der Waals surface area contributed by atoms with Crippen LogP contribution in [-0.4, -0.2) is 37.0 Å². The van der Waals surface area contributed by atoms with E-state index in [-0.39, 0.29) is 23.2 Å². The van der Waals surface area contributed by atoms with Crippen LogP contribution in [-0.2, 0) is 0 Å². The second kappa shape index (κ2) is 5.87. The zero-order valence-electron chi connectivity index (χ0n) is 11.3. The van der Waals surface area contributed by atoms with E-state index in [0.29, 0.717) is 18.8 Å². The zero-order chi connectivity index (χ0) is 14.7. The van der Waals surface area contributed by atoms with Gasteiger partial charge in [0, 0.05) is 37.8 Å². The Kier molecular flexibility index (Phi) is 4.19. The first-order valence-corrected chi connectivity index (χ1v) is 6.54. The number of nitrogens with one attached hydrogen (secondary N) is 1. The Labute approximate surface area is 116 Å². The van der Waals surface area contributed by atoms with Crippen LogP contribution in [0.1, 0.15) is 23.2 Å². The van der Waals surface area contributed by atoms with Gasteiger partial charge in [0.15, 0.2) is 0 Å². The number of nitrogens with two attached hydrogens (primary N) is 1. The molecule has 0 saturated carbocycles. The number of rotatable bonds is 3. The van der Waals surface area contributed by atoms with E-state index in [1.807, 2.05) is 4.90 Å². The smallest absolute Gasteiger partial charge is 0.293 e. The highest BCUT2D eigenvalue weighted by Gasteiger charge is 2.24. The molecule has 0 aromatic heterocycles. The summed E-state index contributed by atoms with van der Waals surface area (Å²) in [7, 11) is 1.49. The predicted molar refractivity (Wildman–Crippen MR) is 75.9 cm³/mol. The van der Waals surface area contributed by atoms with Gasteiger partial charge in [-0.2, -0.15) is 0 Å². The number of carbonyl (C=O) groups excluding carboxylic acids is 1. The number of carbonyl (C=O) groups is 1. The highest BCUT2D eigenvalue weighted by molar-refractivity contribution is 5.95. The SMILES string of the molecule is CNC(=O)c1ccc(N2CCC(N)CC2)c([N+](=O)[O-])c1. The molecule has 3 N–H and O–H groups in total. The molecule has 2 rings (SSSR count). The first-order chi connectivity index (χ1) is 9.52. The van der Waals surface area contributed by atoms with Crippen molar-refractivity contribution in [2.45, 2.75) is 18.9 Å². The van der Waals surface area contributed by atoms with Crippen LogP contribution in [0, 0.1) is 10.1 Å². The Balaban J connectivity index is 2.33. The summed E-state index contributed by atoms with van der Waals surface area (Å²) in [5.41, 5.74) is 6.64. The molecule has 0 radical (unpaired) electrons. The molecule has 108 valence electrons. The normalized spacial score (nSPS) is 16.0. The van der Waals surface area contributed by atoms with Crippen molar-refractivity contribution in [1.29, 1.82) is 0 Å². The van der Waals surface area contributed by atoms with Gasteiger partial charge < -0.3 is 16.0 Å². The fourth-order valence-electron chi connectivity index (χ4n) is 2.36. The van der Waals surface area contributed by atoms with Gasteiger partial charge in [-0.3, -0.25) is 14.9 Å². The molecule has 1 fully saturated rings. The molecular weight excluding hydrogens is 260 g/mol. The van der Waals surface area contributed by atoms with Crippen molar-refractivity contribution in [2.24, 2.45) is 5.73 Å². The van der Waals surface area contributed by atoms with E-state index in [1.165, 1.54) is 13.1 Å². The monoisotopic (exact) mass is 278 g/mol. The molecule has 1 aliphatic heterocycles. The fraction of sp³-hybridized carbons (Fsp3) is 0.462. The summed E-state index contributed by atoms with van der Waals surface area (Å²) < 4.78 is 0. The third-order valence-electron chi connectivity index (χ3n) is 3.54. The van der Waals surface area contributed by atoms with E-state index in [0.717, 1.165) is 12.8 Å². The standard InChI is InChI=1S/C13H18N4O3/c1-15-13(18)9-2-3-11(12(8-9)17(19)20)16-6-4-10(14)5-7-16/h2-3,8,10H,4-7,14H2,1H3,(H,15,18). The molecule has 0 aliphatic carbocycles. The van der Waals surface area contributed by atoms with E-state index < -0.39 is 4.92 Å². The van der Waals surface area contributed by atoms with Gasteiger partial charge in [0.1, 0.15) is 5.69 Å². The number of nitro groups is 1. The minimum absolute atomic E-state index is 0.0402. The lowest BCUT2D eigenvalue weighted by atomic mass is 10.0. The van der Waals surface area contributed by atoms with Crippen molar-refractivity contribution in [1.82, 2.24) is 5.32 Å². The van der Waals surface area contributed by atoms with Crippen LogP contribution in [0.15, 0.2) is 18.2 Å². The van der Waals surface area contributed by atoms with E-state index in [1.54, 1.807) is 12.1 Å². The van der Waals surface area contributed by atoms with Gasteiger partial charge in [0.25, 0.3) is 11.6 Å². The summed E-state index contributed by atoms with van der Waals surface area (Å²) in [6.07, 6.45) is 1.63. The molecule has 1 heterocycles. The minimum atomic E-state index is -0.448. The summed E-state index contributed by atoms with van der Waals surface area (Å²) in [6.45, 7) is 1.39. The average molecular weight is 278 g/mol. The van der Waals surface area contributed by atoms with Crippen LogP contribution in [0.4, 0.5) is 11.4 Å². The molecular formula is C13H18N4O3. The molecule has 7 heteroatoms. The summed E-state index contributed by atoms with van der Waals surface area (Å²) in [6, 6.07) is 4.73. The van der Waals surface area contributed by atoms with Gasteiger partial charge in [0.2, 0.25) is 0 Å². The predicted octanol–water partition coefficient (Wildman–Crippen LogP) is 0.882. The summed E-state index contributed by atoms with van der Waals surface area (Å²) >= 11 is 0. The molecule has 20 heavy (non-hydrogen) atoms. The van der Waals surface area contributed by atoms with E-state index in [9.17, 15) is 14.9 Å². The number of piperidine rings is 1. The lowest BCUT2D eigenvalue weighted by molar-refractivity contribution is -0.384. The maximum absolute atomic E-state index is 11.6. The summed E-state index contributed by atoms with van der Waals surface area (Å²) in [5.74, 6) is -0.333. The molecule has 0 spiro atoms. The average Bonchev–Trinajstić information content (AvgIpc) is 2.46. The number of anilines is 1. The minimum Gasteiger partial charge on any atom is -0.366 e. The van der Waals surface area contributed by atoms with Crippen molar-refractivity contribution in [3.05, 3.63) is 33.9 Å². The quantitative estimate of drug-likeness (QED) is 0.631. The third-order valence-corrected chi connectivity index (χ3v) is 3.54. The maximum atomic E-state index is 11.6. The van der Waals surface area contributed by atoms with Gasteiger partial charge >= 0.3 is 0 Å². The van der Waals surface area contributed by atoms with Gasteiger partial charge in [-0.05, 0) is 25.0 Å². The molecule has 0 bridgehead atoms. The van der Waals surface area contributed by atoms with Crippen molar-refractivity contribution in [3.8, 4) is 0 Å². The zero-order valence-corrected chi connectivity index (χ0v) is 11.3. The lowest BCUT2D eigenvalue weighted by Crippen LogP contribution is -2.39. The number of benzene rings is 1. The van der Waals surface area contributed by atoms with Gasteiger partial charge in [0.05, 0.1) is 4.92 Å². The molecule has 0 unspecified atom stereocenters. The number of nitrogens with zero attached hydrogens (tertiary/aromatic N) is 2. The highest BCUT2D eigenvalue weighted by Crippen LogP contribution is 2.31. The highest BCUT2D eigenvalue weighted by atomic mass is 16.6. The first-order valence-electron chi connectivity index (χ1n) is 6.54. The van der Waals surface area contributed by atoms with Crippen LogP contribution < -0.4 is 16.0 Å². The first kappa shape index (κ1) is 14.3. The van der Waals surface area contributed by atoms with E-state index in [2.05, 4.69) is 5.32 Å². The van der Waals surface area contributed by atoms with Crippen molar-refractivity contribution >= 4 is 17.3 Å². The number of amides is 1. The largest absolute Gasteiger partial charge is 0.366 e. The molecule has 7 nitrogen and oxygen atoms in total. The second-order valence-corrected chi connectivity index (χ2v) is 4.86. The molecule has 1 saturated heterocycles. The Hall–Kier alpha value is -2.15. The van der Waals surface area contributed by atoms with Gasteiger partial charge in [-0.25, -0.2) is 0 Å². The van der Waals surface area contributed by atoms with Gasteiger partial charge in [-0.1, -0.05) is 0 Å².